The number of benzene rings is 2. The van der Waals surface area contributed by atoms with Crippen molar-refractivity contribution >= 4 is 23.4 Å². The highest BCUT2D eigenvalue weighted by atomic mass is 32.2. The molecule has 0 saturated carbocycles. The van der Waals surface area contributed by atoms with Gasteiger partial charge in [0.2, 0.25) is 5.91 Å². The molecule has 4 heteroatoms. The molecule has 3 nitrogen and oxygen atoms in total. The lowest BCUT2D eigenvalue weighted by Crippen LogP contribution is -2.19. The Bertz CT molecular complexity index is 617. The first-order valence-electron chi connectivity index (χ1n) is 6.14. The van der Waals surface area contributed by atoms with Gasteiger partial charge in [-0.3, -0.25) is 4.79 Å². The number of nitriles is 1. The van der Waals surface area contributed by atoms with Crippen LogP contribution in [0.3, 0.4) is 0 Å². The summed E-state index contributed by atoms with van der Waals surface area (Å²) in [5.41, 5.74) is 1.40. The van der Waals surface area contributed by atoms with Crippen LogP contribution in [0.15, 0.2) is 59.5 Å². The Labute approximate surface area is 122 Å². The monoisotopic (exact) mass is 282 g/mol. The van der Waals surface area contributed by atoms with E-state index in [-0.39, 0.29) is 5.91 Å². The van der Waals surface area contributed by atoms with E-state index in [9.17, 15) is 10.1 Å². The number of anilines is 1. The predicted molar refractivity (Wildman–Crippen MR) is 81.6 cm³/mol. The van der Waals surface area contributed by atoms with Gasteiger partial charge in [-0.25, -0.2) is 0 Å². The summed E-state index contributed by atoms with van der Waals surface area (Å²) in [6, 6.07) is 18.6. The lowest BCUT2D eigenvalue weighted by molar-refractivity contribution is -0.116. The van der Waals surface area contributed by atoms with Crippen LogP contribution in [-0.4, -0.2) is 12.2 Å². The molecule has 2 rings (SSSR count). The van der Waals surface area contributed by atoms with Crippen LogP contribution in [-0.2, 0) is 4.79 Å². The number of nitrogens with one attached hydrogen (secondary N) is 1. The fourth-order valence-electron chi connectivity index (χ4n) is 1.82. The highest BCUT2D eigenvalue weighted by Gasteiger charge is 2.19. The molecule has 0 aliphatic heterocycles. The largest absolute Gasteiger partial charge is 0.325 e. The minimum absolute atomic E-state index is 0.310. The van der Waals surface area contributed by atoms with Gasteiger partial charge in [0.05, 0.1) is 6.07 Å². The summed E-state index contributed by atoms with van der Waals surface area (Å²) in [7, 11) is 0. The molecule has 2 aromatic rings. The molecule has 0 aromatic heterocycles. The summed E-state index contributed by atoms with van der Waals surface area (Å²) < 4.78 is 0. The molecule has 0 spiro atoms. The van der Waals surface area contributed by atoms with Gasteiger partial charge in [0.1, 0.15) is 0 Å². The second-order valence-corrected chi connectivity index (χ2v) is 5.07. The van der Waals surface area contributed by atoms with Crippen molar-refractivity contribution in [1.82, 2.24) is 0 Å². The lowest BCUT2D eigenvalue weighted by Gasteiger charge is -2.10. The van der Waals surface area contributed by atoms with E-state index in [0.29, 0.717) is 11.3 Å². The number of rotatable bonds is 4. The molecule has 0 fully saturated rings. The fourth-order valence-corrected chi connectivity index (χ4v) is 2.23. The molecule has 0 radical (unpaired) electrons. The van der Waals surface area contributed by atoms with Gasteiger partial charge in [-0.2, -0.15) is 5.26 Å². The van der Waals surface area contributed by atoms with E-state index >= 15 is 0 Å². The predicted octanol–water partition coefficient (Wildman–Crippen LogP) is 3.65. The van der Waals surface area contributed by atoms with Crippen molar-refractivity contribution in [3.63, 3.8) is 0 Å². The smallest absolute Gasteiger partial charge is 0.246 e. The van der Waals surface area contributed by atoms with Gasteiger partial charge in [0.25, 0.3) is 0 Å². The lowest BCUT2D eigenvalue weighted by atomic mass is 10.00. The average Bonchev–Trinajstić information content (AvgIpc) is 2.50. The average molecular weight is 282 g/mol. The Morgan fingerprint density at radius 2 is 1.80 bits per heavy atom. The minimum atomic E-state index is -0.795. The van der Waals surface area contributed by atoms with Crippen molar-refractivity contribution in [2.24, 2.45) is 0 Å². The van der Waals surface area contributed by atoms with E-state index in [4.69, 9.17) is 0 Å². The summed E-state index contributed by atoms with van der Waals surface area (Å²) in [6.07, 6.45) is 1.99. The SMILES string of the molecule is CSc1ccc(NC(=O)C(C#N)c2ccccc2)cc1. The maximum Gasteiger partial charge on any atom is 0.246 e. The van der Waals surface area contributed by atoms with E-state index < -0.39 is 5.92 Å². The summed E-state index contributed by atoms with van der Waals surface area (Å²) in [5, 5.41) is 12.0. The summed E-state index contributed by atoms with van der Waals surface area (Å²) in [5.74, 6) is -1.10. The molecule has 0 bridgehead atoms. The second-order valence-electron chi connectivity index (χ2n) is 4.19. The summed E-state index contributed by atoms with van der Waals surface area (Å²) in [6.45, 7) is 0. The second kappa shape index (κ2) is 6.78. The third-order valence-electron chi connectivity index (χ3n) is 2.88. The van der Waals surface area contributed by atoms with Crippen LogP contribution in [0.2, 0.25) is 0 Å². The Morgan fingerprint density at radius 3 is 2.35 bits per heavy atom. The Hall–Kier alpha value is -2.25. The van der Waals surface area contributed by atoms with E-state index in [0.717, 1.165) is 4.90 Å². The maximum absolute atomic E-state index is 12.2. The number of hydrogen-bond acceptors (Lipinski definition) is 3. The van der Waals surface area contributed by atoms with Crippen LogP contribution in [0.1, 0.15) is 11.5 Å². The molecule has 100 valence electrons. The molecule has 0 saturated heterocycles. The number of thioether (sulfide) groups is 1. The molecular weight excluding hydrogens is 268 g/mol. The zero-order valence-electron chi connectivity index (χ0n) is 11.0. The van der Waals surface area contributed by atoms with Gasteiger partial charge in [-0.15, -0.1) is 11.8 Å². The van der Waals surface area contributed by atoms with E-state index in [1.54, 1.807) is 23.9 Å². The highest BCUT2D eigenvalue weighted by Crippen LogP contribution is 2.20. The van der Waals surface area contributed by atoms with E-state index in [1.807, 2.05) is 54.8 Å². The molecular formula is C16H14N2OS. The van der Waals surface area contributed by atoms with Gasteiger partial charge < -0.3 is 5.32 Å². The van der Waals surface area contributed by atoms with Crippen LogP contribution in [0.5, 0.6) is 0 Å². The maximum atomic E-state index is 12.2. The topological polar surface area (TPSA) is 52.9 Å². The molecule has 1 N–H and O–H groups in total. The van der Waals surface area contributed by atoms with E-state index in [1.165, 1.54) is 0 Å². The van der Waals surface area contributed by atoms with Crippen LogP contribution >= 0.6 is 11.8 Å². The van der Waals surface area contributed by atoms with Crippen molar-refractivity contribution in [3.8, 4) is 6.07 Å². The van der Waals surface area contributed by atoms with Gasteiger partial charge >= 0.3 is 0 Å². The number of nitrogens with zero attached hydrogens (tertiary/aromatic N) is 1. The number of hydrogen-bond donors (Lipinski definition) is 1. The van der Waals surface area contributed by atoms with Crippen LogP contribution < -0.4 is 5.32 Å². The molecule has 0 aliphatic carbocycles. The Kier molecular flexibility index (Phi) is 4.80. The molecule has 20 heavy (non-hydrogen) atoms. The quantitative estimate of drug-likeness (QED) is 0.871. The third-order valence-corrected chi connectivity index (χ3v) is 3.63. The summed E-state index contributed by atoms with van der Waals surface area (Å²) in [4.78, 5) is 13.3. The van der Waals surface area contributed by atoms with E-state index in [2.05, 4.69) is 5.32 Å². The first-order chi connectivity index (χ1) is 9.74. The van der Waals surface area contributed by atoms with Gasteiger partial charge in [0, 0.05) is 10.6 Å². The van der Waals surface area contributed by atoms with Crippen molar-refractivity contribution in [1.29, 1.82) is 5.26 Å². The number of carbonyl (C=O) groups is 1. The standard InChI is InChI=1S/C16H14N2OS/c1-20-14-9-7-13(8-10-14)18-16(19)15(11-17)12-5-3-2-4-6-12/h2-10,15H,1H3,(H,18,19). The minimum Gasteiger partial charge on any atom is -0.325 e. The summed E-state index contributed by atoms with van der Waals surface area (Å²) >= 11 is 1.64. The van der Waals surface area contributed by atoms with Crippen LogP contribution in [0, 0.1) is 11.3 Å². The Morgan fingerprint density at radius 1 is 1.15 bits per heavy atom. The Balaban J connectivity index is 2.12. The van der Waals surface area contributed by atoms with Crippen molar-refractivity contribution in [2.45, 2.75) is 10.8 Å². The molecule has 2 aromatic carbocycles. The van der Waals surface area contributed by atoms with Crippen molar-refractivity contribution in [3.05, 3.63) is 60.2 Å². The normalized spacial score (nSPS) is 11.4. The van der Waals surface area contributed by atoms with Crippen molar-refractivity contribution < 1.29 is 4.79 Å². The van der Waals surface area contributed by atoms with Crippen LogP contribution in [0.4, 0.5) is 5.69 Å². The zero-order chi connectivity index (χ0) is 14.4. The first-order valence-corrected chi connectivity index (χ1v) is 7.36. The van der Waals surface area contributed by atoms with Gasteiger partial charge in [-0.1, -0.05) is 30.3 Å². The highest BCUT2D eigenvalue weighted by molar-refractivity contribution is 7.98. The third kappa shape index (κ3) is 3.40. The molecule has 1 unspecified atom stereocenters. The molecule has 0 aliphatic rings. The van der Waals surface area contributed by atoms with Gasteiger partial charge in [-0.05, 0) is 36.1 Å². The van der Waals surface area contributed by atoms with Gasteiger partial charge in [0.15, 0.2) is 5.92 Å². The zero-order valence-corrected chi connectivity index (χ0v) is 11.9. The number of carbonyl (C=O) groups excluding carboxylic acids is 1. The molecule has 0 heterocycles. The van der Waals surface area contributed by atoms with Crippen LogP contribution in [0.25, 0.3) is 0 Å². The molecule has 1 atom stereocenters. The molecule has 1 amide bonds. The number of amides is 1. The first kappa shape index (κ1) is 14.2. The fraction of sp³-hybridized carbons (Fsp3) is 0.125. The van der Waals surface area contributed by atoms with Crippen molar-refractivity contribution in [2.75, 3.05) is 11.6 Å².